The van der Waals surface area contributed by atoms with Crippen LogP contribution in [0.4, 0.5) is 4.79 Å². The first-order valence-corrected chi connectivity index (χ1v) is 14.6. The minimum Gasteiger partial charge on any atom is -0.480 e. The molecule has 0 bridgehead atoms. The van der Waals surface area contributed by atoms with Crippen molar-refractivity contribution in [2.24, 2.45) is 5.92 Å². The molecule has 0 radical (unpaired) electrons. The Morgan fingerprint density at radius 2 is 1.29 bits per heavy atom. The topological polar surface area (TPSA) is 84.2 Å². The molecular weight excluding hydrogens is 528 g/mol. The molecule has 3 amide bonds. The second kappa shape index (κ2) is 12.0. The molecule has 0 saturated carbocycles. The Balaban J connectivity index is 1.38. The molecule has 42 heavy (non-hydrogen) atoms. The number of aliphatic carboxylic acids is 1. The summed E-state index contributed by atoms with van der Waals surface area (Å²) in [5, 5.41) is 9.66. The van der Waals surface area contributed by atoms with Gasteiger partial charge in [-0.15, -0.1) is 0 Å². The van der Waals surface area contributed by atoms with Crippen LogP contribution in [-0.4, -0.2) is 94.5 Å². The van der Waals surface area contributed by atoms with Gasteiger partial charge in [-0.2, -0.15) is 0 Å². The van der Waals surface area contributed by atoms with Crippen LogP contribution < -0.4 is 0 Å². The number of benzene rings is 3. The van der Waals surface area contributed by atoms with Gasteiger partial charge in [0.05, 0.1) is 11.6 Å². The maximum atomic E-state index is 14.0. The number of amides is 3. The highest BCUT2D eigenvalue weighted by atomic mass is 16.4. The molecule has 3 aromatic rings. The van der Waals surface area contributed by atoms with Gasteiger partial charge in [-0.05, 0) is 29.0 Å². The molecule has 8 nitrogen and oxygen atoms in total. The van der Waals surface area contributed by atoms with Gasteiger partial charge >= 0.3 is 12.0 Å². The lowest BCUT2D eigenvalue weighted by atomic mass is 9.76. The van der Waals surface area contributed by atoms with E-state index in [4.69, 9.17) is 0 Å². The van der Waals surface area contributed by atoms with Gasteiger partial charge in [0.1, 0.15) is 12.1 Å². The predicted molar refractivity (Wildman–Crippen MR) is 162 cm³/mol. The van der Waals surface area contributed by atoms with Crippen molar-refractivity contribution in [2.45, 2.75) is 43.9 Å². The fraction of sp³-hybridized carbons (Fsp3) is 0.382. The molecule has 2 fully saturated rings. The number of likely N-dealkylation sites (N-methyl/N-ethyl adjacent to an activating group) is 2. The van der Waals surface area contributed by atoms with Crippen molar-refractivity contribution in [1.29, 1.82) is 0 Å². The average Bonchev–Trinajstić information content (AvgIpc) is 3.64. The van der Waals surface area contributed by atoms with Gasteiger partial charge < -0.3 is 19.8 Å². The molecule has 3 aromatic carbocycles. The molecule has 0 aliphatic carbocycles. The van der Waals surface area contributed by atoms with Crippen LogP contribution in [0.1, 0.15) is 37.0 Å². The summed E-state index contributed by atoms with van der Waals surface area (Å²) in [6.07, 6.45) is 0.648. The highest BCUT2D eigenvalue weighted by Crippen LogP contribution is 2.48. The molecule has 5 rings (SSSR count). The summed E-state index contributed by atoms with van der Waals surface area (Å²) in [6, 6.07) is 29.3. The maximum Gasteiger partial charge on any atom is 0.326 e. The zero-order chi connectivity index (χ0) is 30.0. The smallest absolute Gasteiger partial charge is 0.326 e. The number of hydrogen-bond donors (Lipinski definition) is 1. The Bertz CT molecular complexity index is 1300. The van der Waals surface area contributed by atoms with Crippen molar-refractivity contribution >= 4 is 17.9 Å². The van der Waals surface area contributed by atoms with Gasteiger partial charge in [-0.3, -0.25) is 9.69 Å². The molecule has 2 unspecified atom stereocenters. The van der Waals surface area contributed by atoms with Crippen molar-refractivity contribution in [3.8, 4) is 0 Å². The van der Waals surface area contributed by atoms with Crippen LogP contribution in [0.3, 0.4) is 0 Å². The van der Waals surface area contributed by atoms with Gasteiger partial charge in [-0.1, -0.05) is 105 Å². The van der Waals surface area contributed by atoms with Crippen molar-refractivity contribution in [1.82, 2.24) is 19.6 Å². The SMILES string of the molecule is CC(C)C(C(=O)O)N(C)C(=O)N(C)[C@H]1CCN(C(=O)C2C[N@@]2C(c2ccccc2)(c2ccccc2)c2ccccc2)C1. The van der Waals surface area contributed by atoms with Crippen LogP contribution in [-0.2, 0) is 15.1 Å². The molecule has 2 aliphatic heterocycles. The van der Waals surface area contributed by atoms with Gasteiger partial charge in [0.2, 0.25) is 5.91 Å². The summed E-state index contributed by atoms with van der Waals surface area (Å²) in [7, 11) is 3.24. The third kappa shape index (κ3) is 5.27. The Kier molecular flexibility index (Phi) is 8.36. The lowest BCUT2D eigenvalue weighted by molar-refractivity contribution is -0.143. The van der Waals surface area contributed by atoms with Crippen LogP contribution in [0.2, 0.25) is 0 Å². The molecule has 0 aromatic heterocycles. The molecular formula is C34H40N4O4. The van der Waals surface area contributed by atoms with E-state index in [2.05, 4.69) is 41.3 Å². The third-order valence-corrected chi connectivity index (χ3v) is 8.83. The fourth-order valence-electron chi connectivity index (χ4n) is 6.65. The highest BCUT2D eigenvalue weighted by molar-refractivity contribution is 5.86. The zero-order valence-electron chi connectivity index (χ0n) is 24.8. The van der Waals surface area contributed by atoms with E-state index in [9.17, 15) is 19.5 Å². The number of rotatable bonds is 9. The summed E-state index contributed by atoms with van der Waals surface area (Å²) < 4.78 is 0. The van der Waals surface area contributed by atoms with E-state index in [1.54, 1.807) is 25.8 Å². The minimum atomic E-state index is -1.02. The summed E-state index contributed by atoms with van der Waals surface area (Å²) in [4.78, 5) is 46.1. The molecule has 2 aliphatic rings. The Hall–Kier alpha value is -4.17. The van der Waals surface area contributed by atoms with E-state index in [1.807, 2.05) is 59.5 Å². The summed E-state index contributed by atoms with van der Waals surface area (Å²) in [5.74, 6) is -1.19. The quantitative estimate of drug-likeness (QED) is 0.307. The number of likely N-dealkylation sites (tertiary alicyclic amines) is 1. The van der Waals surface area contributed by atoms with Crippen molar-refractivity contribution < 1.29 is 19.5 Å². The number of hydrogen-bond acceptors (Lipinski definition) is 4. The second-order valence-electron chi connectivity index (χ2n) is 11.7. The molecule has 0 spiro atoms. The lowest BCUT2D eigenvalue weighted by Crippen LogP contribution is -2.53. The minimum absolute atomic E-state index is 0.0597. The molecule has 1 N–H and O–H groups in total. The number of urea groups is 1. The second-order valence-corrected chi connectivity index (χ2v) is 11.7. The van der Waals surface area contributed by atoms with E-state index in [0.29, 0.717) is 26.1 Å². The van der Waals surface area contributed by atoms with Crippen molar-refractivity contribution in [3.63, 3.8) is 0 Å². The number of carboxylic acids is 1. The average molecular weight is 569 g/mol. The fourth-order valence-corrected chi connectivity index (χ4v) is 6.65. The number of nitrogens with zero attached hydrogens (tertiary/aromatic N) is 4. The Morgan fingerprint density at radius 1 is 0.810 bits per heavy atom. The van der Waals surface area contributed by atoms with E-state index in [-0.39, 0.29) is 29.9 Å². The van der Waals surface area contributed by atoms with Crippen molar-refractivity contribution in [2.75, 3.05) is 33.7 Å². The lowest BCUT2D eigenvalue weighted by Gasteiger charge is -2.38. The summed E-state index contributed by atoms with van der Waals surface area (Å²) >= 11 is 0. The van der Waals surface area contributed by atoms with Crippen LogP contribution in [0.5, 0.6) is 0 Å². The third-order valence-electron chi connectivity index (χ3n) is 8.83. The summed E-state index contributed by atoms with van der Waals surface area (Å²) in [5.41, 5.74) is 2.66. The first-order valence-electron chi connectivity index (χ1n) is 14.6. The Labute approximate surface area is 248 Å². The normalized spacial score (nSPS) is 20.7. The summed E-state index contributed by atoms with van der Waals surface area (Å²) in [6.45, 7) is 5.18. The molecule has 2 saturated heterocycles. The van der Waals surface area contributed by atoms with Gasteiger partial charge in [-0.25, -0.2) is 9.59 Å². The number of carbonyl (C=O) groups excluding carboxylic acids is 2. The van der Waals surface area contributed by atoms with Gasteiger partial charge in [0.25, 0.3) is 0 Å². The Morgan fingerprint density at radius 3 is 1.71 bits per heavy atom. The monoisotopic (exact) mass is 568 g/mol. The van der Waals surface area contributed by atoms with E-state index in [1.165, 1.54) is 11.9 Å². The van der Waals surface area contributed by atoms with Gasteiger partial charge in [0, 0.05) is 33.7 Å². The first kappa shape index (κ1) is 29.3. The van der Waals surface area contributed by atoms with Crippen molar-refractivity contribution in [3.05, 3.63) is 108 Å². The van der Waals surface area contributed by atoms with Crippen LogP contribution in [0.15, 0.2) is 91.0 Å². The van der Waals surface area contributed by atoms with E-state index in [0.717, 1.165) is 16.7 Å². The molecule has 4 atom stereocenters. The number of carbonyl (C=O) groups is 3. The highest BCUT2D eigenvalue weighted by Gasteiger charge is 2.57. The largest absolute Gasteiger partial charge is 0.480 e. The van der Waals surface area contributed by atoms with Gasteiger partial charge in [0.15, 0.2) is 0 Å². The molecule has 2 heterocycles. The van der Waals surface area contributed by atoms with Crippen LogP contribution >= 0.6 is 0 Å². The predicted octanol–water partition coefficient (Wildman–Crippen LogP) is 4.36. The molecule has 8 heteroatoms. The molecule has 220 valence electrons. The maximum absolute atomic E-state index is 14.0. The van der Waals surface area contributed by atoms with E-state index >= 15 is 0 Å². The standard InChI is InChI=1S/C34H40N4O4/c1-24(2)30(32(40)41)36(4)33(42)35(3)28-20-21-37(22-28)31(39)29-23-38(29)34(25-14-8-5-9-15-25,26-16-10-6-11-17-26)27-18-12-7-13-19-27/h5-19,24,28-30H,20-23H2,1-4H3,(H,40,41)/t28-,29?,30?,38+/m0/s1. The van der Waals surface area contributed by atoms with Crippen LogP contribution in [0.25, 0.3) is 0 Å². The van der Waals surface area contributed by atoms with E-state index < -0.39 is 17.6 Å². The zero-order valence-corrected chi connectivity index (χ0v) is 24.8. The first-order chi connectivity index (χ1) is 20.2. The number of carboxylic acid groups (broad SMARTS) is 1. The van der Waals surface area contributed by atoms with Crippen LogP contribution in [0, 0.1) is 5.92 Å².